The molecular formula is C11H16N2O. The Hall–Kier alpha value is -1.38. The summed E-state index contributed by atoms with van der Waals surface area (Å²) in [5.41, 5.74) is 0.622. The first-order valence-electron chi connectivity index (χ1n) is 4.72. The lowest BCUT2D eigenvalue weighted by molar-refractivity contribution is -0.104. The number of aldehydes is 1. The number of carbonyl (C=O) groups excluding carboxylic acids is 1. The van der Waals surface area contributed by atoms with Gasteiger partial charge in [0, 0.05) is 31.8 Å². The van der Waals surface area contributed by atoms with Crippen molar-refractivity contribution in [2.24, 2.45) is 10.9 Å². The molecule has 0 N–H and O–H groups in total. The SMILES string of the molecule is CC1C/C=C/C(C=O)=C\N=C1N(C)C. The maximum absolute atomic E-state index is 10.6. The molecule has 0 saturated heterocycles. The van der Waals surface area contributed by atoms with Crippen molar-refractivity contribution in [1.29, 1.82) is 0 Å². The molecule has 1 unspecified atom stereocenters. The van der Waals surface area contributed by atoms with Crippen LogP contribution >= 0.6 is 0 Å². The number of nitrogens with zero attached hydrogens (tertiary/aromatic N) is 2. The summed E-state index contributed by atoms with van der Waals surface area (Å²) >= 11 is 0. The second-order valence-electron chi connectivity index (χ2n) is 3.67. The molecule has 1 aliphatic heterocycles. The minimum Gasteiger partial charge on any atom is -0.366 e. The third-order valence-electron chi connectivity index (χ3n) is 2.18. The standard InChI is InChI=1S/C11H16N2O/c1-9-5-4-6-10(8-14)7-12-11(9)13(2)3/h4,6-9H,5H2,1-3H3/b6-4+,10-7+,12-11?. The van der Waals surface area contributed by atoms with E-state index in [4.69, 9.17) is 0 Å². The summed E-state index contributed by atoms with van der Waals surface area (Å²) < 4.78 is 0. The molecule has 0 spiro atoms. The Morgan fingerprint density at radius 1 is 1.57 bits per heavy atom. The van der Waals surface area contributed by atoms with Crippen LogP contribution in [0, 0.1) is 5.92 Å². The first-order chi connectivity index (χ1) is 6.65. The molecule has 0 aromatic rings. The van der Waals surface area contributed by atoms with Crippen molar-refractivity contribution in [1.82, 2.24) is 4.90 Å². The van der Waals surface area contributed by atoms with Crippen molar-refractivity contribution in [3.05, 3.63) is 23.9 Å². The Labute approximate surface area is 84.8 Å². The molecule has 0 aromatic heterocycles. The van der Waals surface area contributed by atoms with Crippen molar-refractivity contribution in [3.8, 4) is 0 Å². The van der Waals surface area contributed by atoms with E-state index in [1.54, 1.807) is 6.20 Å². The average molecular weight is 192 g/mol. The zero-order valence-corrected chi connectivity index (χ0v) is 8.90. The van der Waals surface area contributed by atoms with Crippen molar-refractivity contribution in [3.63, 3.8) is 0 Å². The van der Waals surface area contributed by atoms with Crippen LogP contribution in [0.4, 0.5) is 0 Å². The molecular weight excluding hydrogens is 176 g/mol. The molecule has 1 atom stereocenters. The molecule has 3 heteroatoms. The van der Waals surface area contributed by atoms with E-state index >= 15 is 0 Å². The second-order valence-corrected chi connectivity index (χ2v) is 3.67. The van der Waals surface area contributed by atoms with Crippen LogP contribution in [-0.2, 0) is 4.79 Å². The van der Waals surface area contributed by atoms with E-state index in [9.17, 15) is 4.79 Å². The number of allylic oxidation sites excluding steroid dienone is 3. The van der Waals surface area contributed by atoms with Crippen molar-refractivity contribution in [2.75, 3.05) is 14.1 Å². The Kier molecular flexibility index (Phi) is 3.63. The highest BCUT2D eigenvalue weighted by atomic mass is 16.1. The van der Waals surface area contributed by atoms with Gasteiger partial charge in [-0.05, 0) is 6.42 Å². The summed E-state index contributed by atoms with van der Waals surface area (Å²) in [6.45, 7) is 2.13. The van der Waals surface area contributed by atoms with Crippen LogP contribution < -0.4 is 0 Å². The van der Waals surface area contributed by atoms with E-state index < -0.39 is 0 Å². The Morgan fingerprint density at radius 2 is 2.29 bits per heavy atom. The van der Waals surface area contributed by atoms with Crippen molar-refractivity contribution in [2.45, 2.75) is 13.3 Å². The van der Waals surface area contributed by atoms with Gasteiger partial charge in [0.15, 0.2) is 6.29 Å². The predicted molar refractivity (Wildman–Crippen MR) is 58.2 cm³/mol. The van der Waals surface area contributed by atoms with Crippen molar-refractivity contribution < 1.29 is 4.79 Å². The monoisotopic (exact) mass is 192 g/mol. The predicted octanol–water partition coefficient (Wildman–Crippen LogP) is 1.63. The number of hydrogen-bond acceptors (Lipinski definition) is 3. The van der Waals surface area contributed by atoms with E-state index in [-0.39, 0.29) is 0 Å². The van der Waals surface area contributed by atoms with Crippen LogP contribution in [0.2, 0.25) is 0 Å². The van der Waals surface area contributed by atoms with Gasteiger partial charge in [0.2, 0.25) is 0 Å². The highest BCUT2D eigenvalue weighted by Crippen LogP contribution is 2.12. The quantitative estimate of drug-likeness (QED) is 0.591. The first-order valence-corrected chi connectivity index (χ1v) is 4.72. The molecule has 0 fully saturated rings. The maximum Gasteiger partial charge on any atom is 0.151 e. The smallest absolute Gasteiger partial charge is 0.151 e. The molecule has 0 aliphatic carbocycles. The Balaban J connectivity index is 2.98. The number of aliphatic imine (C=N–C) groups is 1. The lowest BCUT2D eigenvalue weighted by atomic mass is 10.0. The van der Waals surface area contributed by atoms with E-state index in [0.29, 0.717) is 11.5 Å². The van der Waals surface area contributed by atoms with Crippen LogP contribution in [0.15, 0.2) is 28.9 Å². The fourth-order valence-corrected chi connectivity index (χ4v) is 1.45. The molecule has 3 nitrogen and oxygen atoms in total. The zero-order chi connectivity index (χ0) is 10.6. The largest absolute Gasteiger partial charge is 0.366 e. The fraction of sp³-hybridized carbons (Fsp3) is 0.455. The minimum absolute atomic E-state index is 0.394. The number of rotatable bonds is 1. The molecule has 76 valence electrons. The summed E-state index contributed by atoms with van der Waals surface area (Å²) in [6, 6.07) is 0. The Bertz CT molecular complexity index is 300. The fourth-order valence-electron chi connectivity index (χ4n) is 1.45. The molecule has 14 heavy (non-hydrogen) atoms. The normalized spacial score (nSPS) is 27.8. The van der Waals surface area contributed by atoms with Gasteiger partial charge in [-0.15, -0.1) is 0 Å². The van der Waals surface area contributed by atoms with Crippen LogP contribution in [0.25, 0.3) is 0 Å². The van der Waals surface area contributed by atoms with Crippen molar-refractivity contribution >= 4 is 12.1 Å². The third-order valence-corrected chi connectivity index (χ3v) is 2.18. The highest BCUT2D eigenvalue weighted by molar-refractivity contribution is 5.86. The molecule has 0 aromatic carbocycles. The lowest BCUT2D eigenvalue weighted by Crippen LogP contribution is -2.28. The molecule has 1 rings (SSSR count). The summed E-state index contributed by atoms with van der Waals surface area (Å²) in [7, 11) is 3.93. The zero-order valence-electron chi connectivity index (χ0n) is 8.90. The van der Waals surface area contributed by atoms with Gasteiger partial charge in [-0.1, -0.05) is 19.1 Å². The molecule has 1 aliphatic rings. The second kappa shape index (κ2) is 4.74. The summed E-state index contributed by atoms with van der Waals surface area (Å²) in [4.78, 5) is 16.9. The van der Waals surface area contributed by atoms with Crippen LogP contribution in [0.3, 0.4) is 0 Å². The molecule has 0 bridgehead atoms. The van der Waals surface area contributed by atoms with Gasteiger partial charge < -0.3 is 4.90 Å². The molecule has 0 radical (unpaired) electrons. The molecule has 1 heterocycles. The number of amidine groups is 1. The van der Waals surface area contributed by atoms with E-state index in [0.717, 1.165) is 18.5 Å². The summed E-state index contributed by atoms with van der Waals surface area (Å²) in [5, 5.41) is 0. The summed E-state index contributed by atoms with van der Waals surface area (Å²) in [5.74, 6) is 1.40. The van der Waals surface area contributed by atoms with Gasteiger partial charge in [0.25, 0.3) is 0 Å². The van der Waals surface area contributed by atoms with Gasteiger partial charge in [0.1, 0.15) is 5.84 Å². The van der Waals surface area contributed by atoms with Gasteiger partial charge in [-0.2, -0.15) is 0 Å². The lowest BCUT2D eigenvalue weighted by Gasteiger charge is -2.21. The third kappa shape index (κ3) is 2.55. The van der Waals surface area contributed by atoms with Crippen LogP contribution in [-0.4, -0.2) is 31.1 Å². The minimum atomic E-state index is 0.394. The Morgan fingerprint density at radius 3 is 2.86 bits per heavy atom. The van der Waals surface area contributed by atoms with Gasteiger partial charge in [-0.3, -0.25) is 4.79 Å². The first kappa shape index (κ1) is 10.7. The maximum atomic E-state index is 10.6. The van der Waals surface area contributed by atoms with Crippen LogP contribution in [0.5, 0.6) is 0 Å². The van der Waals surface area contributed by atoms with Gasteiger partial charge in [-0.25, -0.2) is 4.99 Å². The molecule has 0 amide bonds. The topological polar surface area (TPSA) is 32.7 Å². The highest BCUT2D eigenvalue weighted by Gasteiger charge is 2.11. The van der Waals surface area contributed by atoms with E-state index in [2.05, 4.69) is 11.9 Å². The van der Waals surface area contributed by atoms with Gasteiger partial charge >= 0.3 is 0 Å². The molecule has 0 saturated carbocycles. The van der Waals surface area contributed by atoms with Crippen LogP contribution in [0.1, 0.15) is 13.3 Å². The average Bonchev–Trinajstić information content (AvgIpc) is 2.10. The number of carbonyl (C=O) groups is 1. The van der Waals surface area contributed by atoms with Gasteiger partial charge in [0.05, 0.1) is 0 Å². The summed E-state index contributed by atoms with van der Waals surface area (Å²) in [6.07, 6.45) is 7.20. The number of hydrogen-bond donors (Lipinski definition) is 0. The van der Waals surface area contributed by atoms with E-state index in [1.807, 2.05) is 31.1 Å². The van der Waals surface area contributed by atoms with E-state index in [1.165, 1.54) is 0 Å².